The van der Waals surface area contributed by atoms with E-state index in [2.05, 4.69) is 13.0 Å². The predicted octanol–water partition coefficient (Wildman–Crippen LogP) is 1.12. The van der Waals surface area contributed by atoms with Crippen LogP contribution in [0.5, 0.6) is 0 Å². The molecule has 0 radical (unpaired) electrons. The molecule has 0 saturated heterocycles. The number of carbonyl (C=O) groups excluding carboxylic acids is 1. The van der Waals surface area contributed by atoms with Gasteiger partial charge in [-0.2, -0.15) is 0 Å². The summed E-state index contributed by atoms with van der Waals surface area (Å²) in [5.41, 5.74) is 0. The Balaban J connectivity index is 2.97. The molecule has 0 amide bonds. The van der Waals surface area contributed by atoms with Gasteiger partial charge < -0.3 is 4.79 Å². The lowest BCUT2D eigenvalue weighted by molar-refractivity contribution is -0.107. The lowest BCUT2D eigenvalue weighted by Gasteiger charge is -1.75. The van der Waals surface area contributed by atoms with Gasteiger partial charge in [0.1, 0.15) is 12.4 Å². The molecule has 0 aliphatic rings. The van der Waals surface area contributed by atoms with Gasteiger partial charge >= 0.3 is 0 Å². The molecule has 0 spiro atoms. The Labute approximate surface area is 45.1 Å². The highest BCUT2D eigenvalue weighted by Gasteiger charge is 1.92. The molecule has 2 heteroatoms. The van der Waals surface area contributed by atoms with E-state index in [1.54, 1.807) is 0 Å². The maximum absolute atomic E-state index is 9.69. The number of hydrogen-bond acceptors (Lipinski definition) is 1. The predicted molar refractivity (Wildman–Crippen MR) is 35.5 cm³/mol. The van der Waals surface area contributed by atoms with Crippen LogP contribution in [0.15, 0.2) is 0 Å². The van der Waals surface area contributed by atoms with Gasteiger partial charge in [-0.1, -0.05) is 0 Å². The normalized spacial score (nSPS) is 10.7. The minimum absolute atomic E-state index is 0.0876. The molecule has 0 saturated carbocycles. The van der Waals surface area contributed by atoms with Crippen LogP contribution in [-0.2, 0) is 4.79 Å². The Morgan fingerprint density at radius 1 is 1.86 bits per heavy atom. The van der Waals surface area contributed by atoms with E-state index in [1.807, 2.05) is 0 Å². The summed E-state index contributed by atoms with van der Waals surface area (Å²) in [5, 5.41) is 0. The second kappa shape index (κ2) is 4.01. The van der Waals surface area contributed by atoms with Gasteiger partial charge in [0.15, 0.2) is 0 Å². The van der Waals surface area contributed by atoms with Crippen molar-refractivity contribution < 1.29 is 4.79 Å². The summed E-state index contributed by atoms with van der Waals surface area (Å²) in [7, 11) is -0.0876. The third kappa shape index (κ3) is 5.84. The zero-order valence-corrected chi connectivity index (χ0v) is 5.45. The number of carbonyl (C=O) groups is 1. The van der Waals surface area contributed by atoms with E-state index < -0.39 is 0 Å². The van der Waals surface area contributed by atoms with E-state index in [1.165, 1.54) is 0 Å². The van der Waals surface area contributed by atoms with Crippen LogP contribution < -0.4 is 0 Å². The molecule has 0 aromatic heterocycles. The van der Waals surface area contributed by atoms with Gasteiger partial charge in [-0.25, -0.2) is 0 Å². The average molecular weight is 117 g/mol. The quantitative estimate of drug-likeness (QED) is 0.400. The van der Waals surface area contributed by atoms with Crippen molar-refractivity contribution in [3.05, 3.63) is 0 Å². The van der Waals surface area contributed by atoms with Crippen LogP contribution in [-0.4, -0.2) is 25.4 Å². The first-order valence-corrected chi connectivity index (χ1v) is 4.38. The molecule has 0 aromatic carbocycles. The SMILES string of the molecule is C=[P+](C)CCC=O. The van der Waals surface area contributed by atoms with Gasteiger partial charge in [0.25, 0.3) is 0 Å². The monoisotopic (exact) mass is 117 g/mol. The minimum atomic E-state index is -0.0876. The first-order chi connectivity index (χ1) is 3.27. The second-order valence-corrected chi connectivity index (χ2v) is 3.69. The number of hydrogen-bond donors (Lipinski definition) is 0. The van der Waals surface area contributed by atoms with Gasteiger partial charge in [-0.05, 0) is 0 Å². The molecule has 0 fully saturated rings. The van der Waals surface area contributed by atoms with Crippen molar-refractivity contribution in [3.63, 3.8) is 0 Å². The Kier molecular flexibility index (Phi) is 3.92. The lowest BCUT2D eigenvalue weighted by Crippen LogP contribution is -1.76. The fourth-order valence-corrected chi connectivity index (χ4v) is 0.819. The molecule has 1 nitrogen and oxygen atoms in total. The van der Waals surface area contributed by atoms with Crippen molar-refractivity contribution in [1.29, 1.82) is 0 Å². The summed E-state index contributed by atoms with van der Waals surface area (Å²) in [6.45, 7) is 2.07. The van der Waals surface area contributed by atoms with Crippen LogP contribution in [0.4, 0.5) is 0 Å². The Morgan fingerprint density at radius 3 is 2.57 bits per heavy atom. The van der Waals surface area contributed by atoms with E-state index in [9.17, 15) is 4.79 Å². The van der Waals surface area contributed by atoms with Crippen molar-refractivity contribution >= 4 is 20.1 Å². The summed E-state index contributed by atoms with van der Waals surface area (Å²) < 4.78 is 0. The summed E-state index contributed by atoms with van der Waals surface area (Å²) in [5.74, 6) is 0. The summed E-state index contributed by atoms with van der Waals surface area (Å²) >= 11 is 0. The molecule has 0 bridgehead atoms. The number of aldehydes is 1. The highest BCUT2D eigenvalue weighted by molar-refractivity contribution is 7.54. The molecule has 40 valence electrons. The van der Waals surface area contributed by atoms with E-state index in [-0.39, 0.29) is 7.55 Å². The van der Waals surface area contributed by atoms with Crippen LogP contribution in [0.2, 0.25) is 0 Å². The standard InChI is InChI=1S/C5H10OP/c1-7(2)5-3-4-6/h4H,1,3,5H2,2H3/q+1. The Bertz CT molecular complexity index is 78.1. The van der Waals surface area contributed by atoms with Gasteiger partial charge in [-0.15, -0.1) is 0 Å². The van der Waals surface area contributed by atoms with Crippen LogP contribution in [0, 0.1) is 0 Å². The molecule has 0 N–H and O–H groups in total. The zero-order valence-electron chi connectivity index (χ0n) is 4.55. The summed E-state index contributed by atoms with van der Waals surface area (Å²) in [6.07, 6.45) is 6.40. The number of rotatable bonds is 3. The average Bonchev–Trinajstić information content (AvgIpc) is 1.61. The van der Waals surface area contributed by atoms with Crippen LogP contribution >= 0.6 is 7.55 Å². The van der Waals surface area contributed by atoms with Gasteiger partial charge in [0.05, 0.1) is 20.5 Å². The maximum atomic E-state index is 9.69. The van der Waals surface area contributed by atoms with Crippen LogP contribution in [0.25, 0.3) is 0 Å². The smallest absolute Gasteiger partial charge is 0.124 e. The molecule has 0 heterocycles. The lowest BCUT2D eigenvalue weighted by atomic mass is 10.6. The van der Waals surface area contributed by atoms with E-state index in [0.717, 1.165) is 12.4 Å². The fraction of sp³-hybridized carbons (Fsp3) is 0.600. The van der Waals surface area contributed by atoms with E-state index in [0.29, 0.717) is 6.42 Å². The largest absolute Gasteiger partial charge is 0.303 e. The van der Waals surface area contributed by atoms with Gasteiger partial charge in [0.2, 0.25) is 0 Å². The first-order valence-electron chi connectivity index (χ1n) is 2.22. The summed E-state index contributed by atoms with van der Waals surface area (Å²) in [6, 6.07) is 0. The highest BCUT2D eigenvalue weighted by atomic mass is 31.1. The third-order valence-electron chi connectivity index (χ3n) is 0.629. The van der Waals surface area contributed by atoms with E-state index >= 15 is 0 Å². The van der Waals surface area contributed by atoms with Crippen LogP contribution in [0.1, 0.15) is 6.42 Å². The Hall–Kier alpha value is -0.160. The highest BCUT2D eigenvalue weighted by Crippen LogP contribution is 2.11. The van der Waals surface area contributed by atoms with Gasteiger partial charge in [-0.3, -0.25) is 0 Å². The van der Waals surface area contributed by atoms with Gasteiger partial charge in [0, 0.05) is 6.42 Å². The maximum Gasteiger partial charge on any atom is 0.124 e. The molecular formula is C5H10OP+. The van der Waals surface area contributed by atoms with Crippen molar-refractivity contribution in [1.82, 2.24) is 0 Å². The zero-order chi connectivity index (χ0) is 5.70. The van der Waals surface area contributed by atoms with Crippen LogP contribution in [0.3, 0.4) is 0 Å². The molecular weight excluding hydrogens is 107 g/mol. The fourth-order valence-electron chi connectivity index (χ4n) is 0.273. The molecule has 0 aromatic rings. The van der Waals surface area contributed by atoms with E-state index in [4.69, 9.17) is 0 Å². The molecule has 0 rings (SSSR count). The van der Waals surface area contributed by atoms with Crippen molar-refractivity contribution in [2.24, 2.45) is 0 Å². The molecule has 0 aliphatic heterocycles. The second-order valence-electron chi connectivity index (χ2n) is 1.54. The first kappa shape index (κ1) is 6.84. The van der Waals surface area contributed by atoms with Crippen molar-refractivity contribution in [2.45, 2.75) is 6.42 Å². The van der Waals surface area contributed by atoms with Crippen molar-refractivity contribution in [2.75, 3.05) is 12.8 Å². The van der Waals surface area contributed by atoms with Crippen molar-refractivity contribution in [3.8, 4) is 0 Å². The Morgan fingerprint density at radius 2 is 2.43 bits per heavy atom. The summed E-state index contributed by atoms with van der Waals surface area (Å²) in [4.78, 5) is 9.69. The molecule has 0 aliphatic carbocycles. The third-order valence-corrected chi connectivity index (χ3v) is 1.65. The molecule has 7 heavy (non-hydrogen) atoms. The topological polar surface area (TPSA) is 17.1 Å². The molecule has 1 atom stereocenters. The molecule has 1 unspecified atom stereocenters. The minimum Gasteiger partial charge on any atom is -0.303 e.